The molecule has 2 aromatic carbocycles. The van der Waals surface area contributed by atoms with Crippen LogP contribution in [-0.4, -0.2) is 13.5 Å². The van der Waals surface area contributed by atoms with Crippen molar-refractivity contribution < 1.29 is 13.5 Å². The Hall–Kier alpha value is -1.53. The van der Waals surface area contributed by atoms with E-state index in [-0.39, 0.29) is 16.3 Å². The molecule has 6 heteroatoms. The summed E-state index contributed by atoms with van der Waals surface area (Å²) < 4.78 is 27.7. The van der Waals surface area contributed by atoms with Crippen LogP contribution in [0.2, 0.25) is 0 Å². The predicted molar refractivity (Wildman–Crippen MR) is 82.5 cm³/mol. The van der Waals surface area contributed by atoms with Crippen molar-refractivity contribution >= 4 is 31.6 Å². The van der Waals surface area contributed by atoms with Gasteiger partial charge in [-0.05, 0) is 43.7 Å². The van der Waals surface area contributed by atoms with Crippen molar-refractivity contribution in [2.75, 3.05) is 4.72 Å². The van der Waals surface area contributed by atoms with E-state index in [9.17, 15) is 13.5 Å². The Morgan fingerprint density at radius 3 is 2.25 bits per heavy atom. The molecule has 0 heterocycles. The second-order valence-corrected chi connectivity index (χ2v) is 7.02. The van der Waals surface area contributed by atoms with Crippen molar-refractivity contribution in [1.29, 1.82) is 0 Å². The molecule has 0 fully saturated rings. The van der Waals surface area contributed by atoms with Crippen molar-refractivity contribution in [2.45, 2.75) is 18.7 Å². The van der Waals surface area contributed by atoms with E-state index in [0.717, 1.165) is 10.0 Å². The Morgan fingerprint density at radius 2 is 1.65 bits per heavy atom. The molecule has 0 saturated heterocycles. The summed E-state index contributed by atoms with van der Waals surface area (Å²) in [6.07, 6.45) is 0. The number of aromatic hydroxyl groups is 1. The lowest BCUT2D eigenvalue weighted by atomic mass is 10.2. The molecule has 0 amide bonds. The zero-order valence-corrected chi connectivity index (χ0v) is 13.4. The highest BCUT2D eigenvalue weighted by Gasteiger charge is 2.18. The number of halogens is 1. The third-order valence-electron chi connectivity index (χ3n) is 2.94. The van der Waals surface area contributed by atoms with Gasteiger partial charge in [0.05, 0.1) is 10.6 Å². The summed E-state index contributed by atoms with van der Waals surface area (Å²) in [5.74, 6) is -0.110. The minimum atomic E-state index is -3.72. The van der Waals surface area contributed by atoms with Gasteiger partial charge in [-0.25, -0.2) is 8.42 Å². The number of phenolic OH excluding ortho intramolecular Hbond substituents is 1. The number of phenols is 1. The van der Waals surface area contributed by atoms with Gasteiger partial charge in [-0.15, -0.1) is 0 Å². The van der Waals surface area contributed by atoms with Gasteiger partial charge in [-0.3, -0.25) is 4.72 Å². The fourth-order valence-corrected chi connectivity index (χ4v) is 3.18. The van der Waals surface area contributed by atoms with Crippen molar-refractivity contribution in [3.05, 3.63) is 52.0 Å². The van der Waals surface area contributed by atoms with Gasteiger partial charge in [-0.1, -0.05) is 33.6 Å². The van der Waals surface area contributed by atoms with Crippen molar-refractivity contribution in [3.8, 4) is 5.75 Å². The van der Waals surface area contributed by atoms with Gasteiger partial charge in [0.25, 0.3) is 10.0 Å². The number of benzene rings is 2. The fourth-order valence-electron chi connectivity index (χ4n) is 1.71. The molecular formula is C14H14BrNO3S. The monoisotopic (exact) mass is 355 g/mol. The van der Waals surface area contributed by atoms with Crippen LogP contribution in [-0.2, 0) is 10.0 Å². The second-order valence-electron chi connectivity index (χ2n) is 4.49. The molecule has 0 atom stereocenters. The lowest BCUT2D eigenvalue weighted by molar-refractivity contribution is 0.477. The Kier molecular flexibility index (Phi) is 4.06. The van der Waals surface area contributed by atoms with Gasteiger partial charge in [0.1, 0.15) is 5.75 Å². The molecule has 2 N–H and O–H groups in total. The van der Waals surface area contributed by atoms with Crippen LogP contribution in [0.3, 0.4) is 0 Å². The van der Waals surface area contributed by atoms with Crippen LogP contribution in [0.5, 0.6) is 5.75 Å². The molecule has 2 rings (SSSR count). The highest BCUT2D eigenvalue weighted by atomic mass is 79.9. The third kappa shape index (κ3) is 2.96. The summed E-state index contributed by atoms with van der Waals surface area (Å²) in [5.41, 5.74) is 1.78. The maximum absolute atomic E-state index is 12.3. The number of nitrogens with one attached hydrogen (secondary N) is 1. The van der Waals surface area contributed by atoms with Gasteiger partial charge in [-0.2, -0.15) is 0 Å². The molecule has 20 heavy (non-hydrogen) atoms. The quantitative estimate of drug-likeness (QED) is 0.827. The molecule has 0 spiro atoms. The number of anilines is 1. The van der Waals surface area contributed by atoms with Gasteiger partial charge >= 0.3 is 0 Å². The van der Waals surface area contributed by atoms with E-state index in [0.29, 0.717) is 5.56 Å². The number of hydrogen-bond donors (Lipinski definition) is 2. The molecule has 0 aliphatic carbocycles. The lowest BCUT2D eigenvalue weighted by Crippen LogP contribution is -2.14. The number of sulfonamides is 1. The number of rotatable bonds is 3. The Labute approximate surface area is 126 Å². The third-order valence-corrected chi connectivity index (χ3v) is 5.17. The first-order valence-corrected chi connectivity index (χ1v) is 8.16. The molecule has 0 aliphatic rings. The van der Waals surface area contributed by atoms with Crippen LogP contribution in [0.1, 0.15) is 11.1 Å². The van der Waals surface area contributed by atoms with Crippen molar-refractivity contribution in [3.63, 3.8) is 0 Å². The van der Waals surface area contributed by atoms with E-state index in [1.54, 1.807) is 25.1 Å². The van der Waals surface area contributed by atoms with E-state index < -0.39 is 10.0 Å². The molecule has 0 radical (unpaired) electrons. The van der Waals surface area contributed by atoms with E-state index in [2.05, 4.69) is 20.7 Å². The molecule has 4 nitrogen and oxygen atoms in total. The van der Waals surface area contributed by atoms with Crippen LogP contribution in [0, 0.1) is 13.8 Å². The largest absolute Gasteiger partial charge is 0.506 e. The number of hydrogen-bond acceptors (Lipinski definition) is 3. The predicted octanol–water partition coefficient (Wildman–Crippen LogP) is 3.57. The Bertz CT molecular complexity index is 740. The molecule has 0 unspecified atom stereocenters. The summed E-state index contributed by atoms with van der Waals surface area (Å²) >= 11 is 3.31. The molecule has 0 bridgehead atoms. The zero-order valence-electron chi connectivity index (χ0n) is 11.0. The summed E-state index contributed by atoms with van der Waals surface area (Å²) in [6.45, 7) is 3.60. The summed E-state index contributed by atoms with van der Waals surface area (Å²) in [5, 5.41) is 9.82. The van der Waals surface area contributed by atoms with Gasteiger partial charge in [0, 0.05) is 4.47 Å². The maximum atomic E-state index is 12.3. The lowest BCUT2D eigenvalue weighted by Gasteiger charge is -2.13. The van der Waals surface area contributed by atoms with E-state index in [1.165, 1.54) is 18.2 Å². The molecule has 0 aliphatic heterocycles. The van der Waals surface area contributed by atoms with Gasteiger partial charge in [0.15, 0.2) is 0 Å². The van der Waals surface area contributed by atoms with Crippen LogP contribution < -0.4 is 4.72 Å². The topological polar surface area (TPSA) is 66.4 Å². The van der Waals surface area contributed by atoms with Crippen LogP contribution in [0.25, 0.3) is 0 Å². The molecule has 0 aromatic heterocycles. The first kappa shape index (κ1) is 14.9. The van der Waals surface area contributed by atoms with Crippen LogP contribution in [0.15, 0.2) is 45.8 Å². The smallest absolute Gasteiger partial charge is 0.262 e. The first-order chi connectivity index (χ1) is 9.31. The number of aryl methyl sites for hydroxylation is 1. The molecule has 2 aromatic rings. The van der Waals surface area contributed by atoms with E-state index >= 15 is 0 Å². The fraction of sp³-hybridized carbons (Fsp3) is 0.143. The summed E-state index contributed by atoms with van der Waals surface area (Å²) in [6, 6.07) is 9.60. The standard InChI is InChI=1S/C14H14BrNO3S/c1-9-3-5-11(6-4-9)20(18,19)16-14-10(2)12(15)7-8-13(14)17/h3-8,16-17H,1-2H3. The molecule has 0 saturated carbocycles. The van der Waals surface area contributed by atoms with E-state index in [4.69, 9.17) is 0 Å². The second kappa shape index (κ2) is 5.46. The average molecular weight is 356 g/mol. The van der Waals surface area contributed by atoms with Gasteiger partial charge < -0.3 is 5.11 Å². The van der Waals surface area contributed by atoms with E-state index in [1.807, 2.05) is 6.92 Å². The highest BCUT2D eigenvalue weighted by molar-refractivity contribution is 9.10. The van der Waals surface area contributed by atoms with Crippen molar-refractivity contribution in [1.82, 2.24) is 0 Å². The normalized spacial score (nSPS) is 11.3. The first-order valence-electron chi connectivity index (χ1n) is 5.89. The molecular weight excluding hydrogens is 342 g/mol. The summed E-state index contributed by atoms with van der Waals surface area (Å²) in [4.78, 5) is 0.155. The molecule has 106 valence electrons. The highest BCUT2D eigenvalue weighted by Crippen LogP contribution is 2.33. The summed E-state index contributed by atoms with van der Waals surface area (Å²) in [7, 11) is -3.72. The maximum Gasteiger partial charge on any atom is 0.262 e. The SMILES string of the molecule is Cc1ccc(S(=O)(=O)Nc2c(O)ccc(Br)c2C)cc1. The van der Waals surface area contributed by atoms with Crippen LogP contribution in [0.4, 0.5) is 5.69 Å². The average Bonchev–Trinajstić information content (AvgIpc) is 2.40. The Morgan fingerprint density at radius 1 is 1.05 bits per heavy atom. The zero-order chi connectivity index (χ0) is 14.9. The Balaban J connectivity index is 2.43. The van der Waals surface area contributed by atoms with Crippen molar-refractivity contribution in [2.24, 2.45) is 0 Å². The minimum Gasteiger partial charge on any atom is -0.506 e. The minimum absolute atomic E-state index is 0.110. The van der Waals surface area contributed by atoms with Gasteiger partial charge in [0.2, 0.25) is 0 Å². The van der Waals surface area contributed by atoms with Crippen LogP contribution >= 0.6 is 15.9 Å².